The Morgan fingerprint density at radius 3 is 2.83 bits per heavy atom. The van der Waals surface area contributed by atoms with E-state index in [9.17, 15) is 0 Å². The summed E-state index contributed by atoms with van der Waals surface area (Å²) in [7, 11) is 0. The lowest BCUT2D eigenvalue weighted by Crippen LogP contribution is -1.94. The van der Waals surface area contributed by atoms with Crippen molar-refractivity contribution in [1.29, 1.82) is 0 Å². The fourth-order valence-electron chi connectivity index (χ4n) is 2.68. The van der Waals surface area contributed by atoms with Crippen LogP contribution in [0.2, 0.25) is 0 Å². The third-order valence-electron chi connectivity index (χ3n) is 3.21. The number of benzene rings is 1. The van der Waals surface area contributed by atoms with Crippen molar-refractivity contribution in [3.63, 3.8) is 0 Å². The van der Waals surface area contributed by atoms with Crippen LogP contribution in [0, 0.1) is 6.92 Å². The standard InChI is InChI=1S/C12H12/c1-8-3-2-4-11-9-5-6-10(7-9)12(8)11/h2-6,9-10H,7H2,1H3. The minimum absolute atomic E-state index is 0.741. The Labute approximate surface area is 72.9 Å². The third-order valence-corrected chi connectivity index (χ3v) is 3.21. The average molecular weight is 156 g/mol. The first-order valence-electron chi connectivity index (χ1n) is 4.64. The first kappa shape index (κ1) is 6.47. The van der Waals surface area contributed by atoms with Gasteiger partial charge in [0.1, 0.15) is 0 Å². The summed E-state index contributed by atoms with van der Waals surface area (Å²) in [5.41, 5.74) is 4.68. The van der Waals surface area contributed by atoms with Crippen LogP contribution in [0.3, 0.4) is 0 Å². The molecule has 0 aromatic heterocycles. The second kappa shape index (κ2) is 2.01. The van der Waals surface area contributed by atoms with E-state index >= 15 is 0 Å². The van der Waals surface area contributed by atoms with Gasteiger partial charge in [-0.15, -0.1) is 0 Å². The molecule has 0 spiro atoms. The van der Waals surface area contributed by atoms with Crippen LogP contribution in [0.15, 0.2) is 30.4 Å². The Kier molecular flexibility index (Phi) is 1.08. The minimum Gasteiger partial charge on any atom is -0.0804 e. The van der Waals surface area contributed by atoms with Gasteiger partial charge in [-0.05, 0) is 30.0 Å². The van der Waals surface area contributed by atoms with Crippen molar-refractivity contribution in [3.8, 4) is 0 Å². The summed E-state index contributed by atoms with van der Waals surface area (Å²) in [5, 5.41) is 0. The Hall–Kier alpha value is -1.04. The Bertz CT molecular complexity index is 360. The molecule has 0 saturated heterocycles. The van der Waals surface area contributed by atoms with Crippen molar-refractivity contribution >= 4 is 0 Å². The molecular formula is C12H12. The monoisotopic (exact) mass is 156 g/mol. The van der Waals surface area contributed by atoms with Gasteiger partial charge >= 0.3 is 0 Å². The summed E-state index contributed by atoms with van der Waals surface area (Å²) in [6.07, 6.45) is 6.08. The van der Waals surface area contributed by atoms with Crippen LogP contribution in [0.1, 0.15) is 34.9 Å². The molecule has 0 amide bonds. The smallest absolute Gasteiger partial charge is 0.00325 e. The summed E-state index contributed by atoms with van der Waals surface area (Å²) in [6.45, 7) is 2.23. The van der Waals surface area contributed by atoms with Crippen LogP contribution in [-0.4, -0.2) is 0 Å². The zero-order chi connectivity index (χ0) is 8.13. The predicted molar refractivity (Wildman–Crippen MR) is 50.4 cm³/mol. The molecule has 0 saturated carbocycles. The van der Waals surface area contributed by atoms with Gasteiger partial charge in [0.15, 0.2) is 0 Å². The van der Waals surface area contributed by atoms with Gasteiger partial charge in [-0.2, -0.15) is 0 Å². The van der Waals surface area contributed by atoms with Gasteiger partial charge in [-0.25, -0.2) is 0 Å². The van der Waals surface area contributed by atoms with Gasteiger partial charge in [0, 0.05) is 11.8 Å². The maximum absolute atomic E-state index is 2.38. The number of hydrogen-bond donors (Lipinski definition) is 0. The quantitative estimate of drug-likeness (QED) is 0.506. The molecule has 2 unspecified atom stereocenters. The van der Waals surface area contributed by atoms with Crippen molar-refractivity contribution in [3.05, 3.63) is 47.0 Å². The normalized spacial score (nSPS) is 29.4. The highest BCUT2D eigenvalue weighted by molar-refractivity contribution is 5.50. The highest BCUT2D eigenvalue weighted by atomic mass is 14.4. The topological polar surface area (TPSA) is 0 Å². The molecule has 2 aliphatic rings. The van der Waals surface area contributed by atoms with Crippen LogP contribution < -0.4 is 0 Å². The molecule has 2 aliphatic carbocycles. The molecule has 2 bridgehead atoms. The van der Waals surface area contributed by atoms with Crippen LogP contribution in [0.4, 0.5) is 0 Å². The van der Waals surface area contributed by atoms with Crippen LogP contribution in [0.5, 0.6) is 0 Å². The maximum Gasteiger partial charge on any atom is 0.00325 e. The molecule has 0 heteroatoms. The average Bonchev–Trinajstić information content (AvgIpc) is 2.64. The molecular weight excluding hydrogens is 144 g/mol. The Morgan fingerprint density at radius 2 is 2.00 bits per heavy atom. The van der Waals surface area contributed by atoms with Gasteiger partial charge in [-0.1, -0.05) is 30.4 Å². The molecule has 3 rings (SSSR count). The second-order valence-corrected chi connectivity index (χ2v) is 3.91. The zero-order valence-corrected chi connectivity index (χ0v) is 7.25. The van der Waals surface area contributed by atoms with Gasteiger partial charge < -0.3 is 0 Å². The van der Waals surface area contributed by atoms with Gasteiger partial charge in [0.2, 0.25) is 0 Å². The maximum atomic E-state index is 2.38. The number of aryl methyl sites for hydroxylation is 1. The SMILES string of the molecule is Cc1cccc2c1C1C=CC2C1. The molecule has 1 aromatic rings. The lowest BCUT2D eigenvalue weighted by atomic mass is 9.93. The Morgan fingerprint density at radius 1 is 1.17 bits per heavy atom. The molecule has 0 aliphatic heterocycles. The van der Waals surface area contributed by atoms with E-state index in [4.69, 9.17) is 0 Å². The summed E-state index contributed by atoms with van der Waals surface area (Å²) < 4.78 is 0. The molecule has 1 aromatic carbocycles. The summed E-state index contributed by atoms with van der Waals surface area (Å²) in [5.74, 6) is 1.48. The molecule has 60 valence electrons. The lowest BCUT2D eigenvalue weighted by Gasteiger charge is -2.12. The minimum atomic E-state index is 0.741. The molecule has 0 radical (unpaired) electrons. The number of rotatable bonds is 0. The number of fused-ring (bicyclic) bond motifs is 5. The first-order valence-corrected chi connectivity index (χ1v) is 4.64. The predicted octanol–water partition coefficient (Wildman–Crippen LogP) is 3.14. The van der Waals surface area contributed by atoms with Crippen LogP contribution >= 0.6 is 0 Å². The van der Waals surface area contributed by atoms with Crippen molar-refractivity contribution < 1.29 is 0 Å². The van der Waals surface area contributed by atoms with Crippen LogP contribution in [-0.2, 0) is 0 Å². The van der Waals surface area contributed by atoms with Crippen molar-refractivity contribution in [2.45, 2.75) is 25.2 Å². The largest absolute Gasteiger partial charge is 0.0804 e. The van der Waals surface area contributed by atoms with E-state index in [0.717, 1.165) is 11.8 Å². The first-order chi connectivity index (χ1) is 5.86. The third kappa shape index (κ3) is 0.632. The van der Waals surface area contributed by atoms with Gasteiger partial charge in [-0.3, -0.25) is 0 Å². The zero-order valence-electron chi connectivity index (χ0n) is 7.25. The molecule has 0 heterocycles. The van der Waals surface area contributed by atoms with Gasteiger partial charge in [0.05, 0.1) is 0 Å². The molecule has 12 heavy (non-hydrogen) atoms. The number of hydrogen-bond acceptors (Lipinski definition) is 0. The molecule has 0 fully saturated rings. The van der Waals surface area contributed by atoms with Crippen molar-refractivity contribution in [2.24, 2.45) is 0 Å². The van der Waals surface area contributed by atoms with E-state index in [2.05, 4.69) is 37.3 Å². The van der Waals surface area contributed by atoms with Crippen LogP contribution in [0.25, 0.3) is 0 Å². The summed E-state index contributed by atoms with van der Waals surface area (Å²) in [6, 6.07) is 6.70. The van der Waals surface area contributed by atoms with E-state index in [-0.39, 0.29) is 0 Å². The van der Waals surface area contributed by atoms with E-state index in [0.29, 0.717) is 0 Å². The Balaban J connectivity index is 2.30. The fraction of sp³-hybridized carbons (Fsp3) is 0.333. The van der Waals surface area contributed by atoms with E-state index in [1.165, 1.54) is 12.0 Å². The second-order valence-electron chi connectivity index (χ2n) is 3.91. The fourth-order valence-corrected chi connectivity index (χ4v) is 2.68. The summed E-state index contributed by atoms with van der Waals surface area (Å²) >= 11 is 0. The molecule has 0 N–H and O–H groups in total. The van der Waals surface area contributed by atoms with Gasteiger partial charge in [0.25, 0.3) is 0 Å². The van der Waals surface area contributed by atoms with Crippen molar-refractivity contribution in [2.75, 3.05) is 0 Å². The highest BCUT2D eigenvalue weighted by Crippen LogP contribution is 2.49. The van der Waals surface area contributed by atoms with E-state index in [1.807, 2.05) is 0 Å². The lowest BCUT2D eigenvalue weighted by molar-refractivity contribution is 0.803. The summed E-state index contributed by atoms with van der Waals surface area (Å²) in [4.78, 5) is 0. The van der Waals surface area contributed by atoms with E-state index < -0.39 is 0 Å². The highest BCUT2D eigenvalue weighted by Gasteiger charge is 2.32. The molecule has 2 atom stereocenters. The van der Waals surface area contributed by atoms with Crippen molar-refractivity contribution in [1.82, 2.24) is 0 Å². The number of allylic oxidation sites excluding steroid dienone is 2. The van der Waals surface area contributed by atoms with E-state index in [1.54, 1.807) is 11.1 Å². The molecule has 0 nitrogen and oxygen atoms in total.